The summed E-state index contributed by atoms with van der Waals surface area (Å²) in [5.74, 6) is -0.233. The van der Waals surface area contributed by atoms with E-state index in [1.165, 1.54) is 12.1 Å². The molecule has 1 heterocycles. The molecule has 0 spiro atoms. The molecule has 0 saturated carbocycles. The van der Waals surface area contributed by atoms with Crippen LogP contribution in [-0.2, 0) is 37.6 Å². The second-order valence-electron chi connectivity index (χ2n) is 13.5. The number of aryl methyl sites for hydroxylation is 1. The standard InChI is InChI=1S/C37H43ClN2O7S2/c1-36(2,3)32-24-48-33(40-32)18-19-45-28-11-7-10-26(22-28)35(42)39-30-21-25(12-17-31(30)46-23-34(41)47-37(4,5)6)9-8-20-49(43,44)29-15-13-27(38)14-16-29/h7,10-17,21-22,24H,8-9,18-20,23H2,1-6H3,(H,39,42). The Morgan fingerprint density at radius 3 is 2.33 bits per heavy atom. The van der Waals surface area contributed by atoms with Gasteiger partial charge in [0.15, 0.2) is 16.4 Å². The molecule has 1 amide bonds. The molecule has 0 aliphatic carbocycles. The zero-order valence-electron chi connectivity index (χ0n) is 28.7. The van der Waals surface area contributed by atoms with Crippen LogP contribution in [0.2, 0.25) is 5.02 Å². The average molecular weight is 727 g/mol. The molecular weight excluding hydrogens is 684 g/mol. The lowest BCUT2D eigenvalue weighted by Crippen LogP contribution is -2.27. The molecule has 1 N–H and O–H groups in total. The summed E-state index contributed by atoms with van der Waals surface area (Å²) in [6, 6.07) is 18.1. The van der Waals surface area contributed by atoms with E-state index in [-0.39, 0.29) is 28.4 Å². The fraction of sp³-hybridized carbons (Fsp3) is 0.378. The van der Waals surface area contributed by atoms with Gasteiger partial charge < -0.3 is 19.5 Å². The molecule has 0 aliphatic rings. The summed E-state index contributed by atoms with van der Waals surface area (Å²) in [6.45, 7) is 11.7. The van der Waals surface area contributed by atoms with Gasteiger partial charge in [0, 0.05) is 27.8 Å². The van der Waals surface area contributed by atoms with Crippen molar-refractivity contribution >= 4 is 50.3 Å². The van der Waals surface area contributed by atoms with Gasteiger partial charge in [0.05, 0.1) is 33.6 Å². The average Bonchev–Trinajstić information content (AvgIpc) is 3.50. The van der Waals surface area contributed by atoms with Crippen LogP contribution in [0.1, 0.15) is 74.6 Å². The Kier molecular flexibility index (Phi) is 12.5. The monoisotopic (exact) mass is 726 g/mol. The molecule has 0 saturated heterocycles. The number of ether oxygens (including phenoxy) is 3. The van der Waals surface area contributed by atoms with Crippen molar-refractivity contribution in [3.63, 3.8) is 0 Å². The number of hydrogen-bond donors (Lipinski definition) is 1. The topological polar surface area (TPSA) is 121 Å². The fourth-order valence-electron chi connectivity index (χ4n) is 4.64. The zero-order valence-corrected chi connectivity index (χ0v) is 31.1. The summed E-state index contributed by atoms with van der Waals surface area (Å²) >= 11 is 7.52. The Balaban J connectivity index is 1.44. The molecule has 0 atom stereocenters. The lowest BCUT2D eigenvalue weighted by Gasteiger charge is -2.20. The second kappa shape index (κ2) is 16.2. The summed E-state index contributed by atoms with van der Waals surface area (Å²) < 4.78 is 42.8. The van der Waals surface area contributed by atoms with E-state index in [0.717, 1.165) is 16.3 Å². The molecule has 0 unspecified atom stereocenters. The van der Waals surface area contributed by atoms with Crippen molar-refractivity contribution in [2.45, 2.75) is 76.7 Å². The molecule has 1 aromatic heterocycles. The number of halogens is 1. The molecule has 4 rings (SSSR count). The Bertz CT molecular complexity index is 1860. The quantitative estimate of drug-likeness (QED) is 0.130. The summed E-state index contributed by atoms with van der Waals surface area (Å²) in [5, 5.41) is 6.41. The lowest BCUT2D eigenvalue weighted by atomic mass is 9.93. The van der Waals surface area contributed by atoms with Gasteiger partial charge in [-0.05, 0) is 93.8 Å². The molecule has 12 heteroatoms. The summed E-state index contributed by atoms with van der Waals surface area (Å²) in [7, 11) is -3.50. The van der Waals surface area contributed by atoms with Gasteiger partial charge in [-0.2, -0.15) is 0 Å². The molecule has 4 aromatic rings. The highest BCUT2D eigenvalue weighted by atomic mass is 35.5. The molecular formula is C37H43ClN2O7S2. The molecule has 9 nitrogen and oxygen atoms in total. The molecule has 0 bridgehead atoms. The van der Waals surface area contributed by atoms with E-state index in [1.807, 2.05) is 0 Å². The highest BCUT2D eigenvalue weighted by Gasteiger charge is 2.20. The third-order valence-corrected chi connectivity index (χ3v) is 10.1. The van der Waals surface area contributed by atoms with Gasteiger partial charge in [0.1, 0.15) is 17.1 Å². The third-order valence-electron chi connectivity index (χ3n) is 7.11. The normalized spacial score (nSPS) is 12.0. The minimum atomic E-state index is -3.50. The molecule has 49 heavy (non-hydrogen) atoms. The van der Waals surface area contributed by atoms with Crippen molar-refractivity contribution in [1.29, 1.82) is 0 Å². The number of nitrogens with one attached hydrogen (secondary N) is 1. The number of amides is 1. The highest BCUT2D eigenvalue weighted by molar-refractivity contribution is 7.91. The van der Waals surface area contributed by atoms with Gasteiger partial charge >= 0.3 is 5.97 Å². The van der Waals surface area contributed by atoms with Crippen LogP contribution in [-0.4, -0.2) is 49.8 Å². The highest BCUT2D eigenvalue weighted by Crippen LogP contribution is 2.29. The maximum atomic E-state index is 13.5. The maximum Gasteiger partial charge on any atom is 0.344 e. The van der Waals surface area contributed by atoms with Gasteiger partial charge in [0.25, 0.3) is 5.91 Å². The van der Waals surface area contributed by atoms with E-state index < -0.39 is 27.3 Å². The van der Waals surface area contributed by atoms with E-state index in [1.54, 1.807) is 86.7 Å². The van der Waals surface area contributed by atoms with E-state index in [9.17, 15) is 18.0 Å². The van der Waals surface area contributed by atoms with Gasteiger partial charge in [-0.25, -0.2) is 18.2 Å². The SMILES string of the molecule is CC(C)(C)OC(=O)COc1ccc(CCCS(=O)(=O)c2ccc(Cl)cc2)cc1NC(=O)c1cccc(OCCc2nc(C(C)(C)C)cs2)c1. The number of aromatic nitrogens is 1. The predicted molar refractivity (Wildman–Crippen MR) is 194 cm³/mol. The molecule has 0 fully saturated rings. The minimum absolute atomic E-state index is 0.0178. The summed E-state index contributed by atoms with van der Waals surface area (Å²) in [6.07, 6.45) is 1.40. The van der Waals surface area contributed by atoms with Crippen LogP contribution < -0.4 is 14.8 Å². The van der Waals surface area contributed by atoms with Gasteiger partial charge in [-0.3, -0.25) is 4.79 Å². The van der Waals surface area contributed by atoms with Crippen LogP contribution in [0.25, 0.3) is 0 Å². The van der Waals surface area contributed by atoms with Crippen LogP contribution in [0.15, 0.2) is 77.0 Å². The first kappa shape index (κ1) is 37.9. The number of benzene rings is 3. The Morgan fingerprint density at radius 2 is 1.65 bits per heavy atom. The second-order valence-corrected chi connectivity index (χ2v) is 17.0. The first-order chi connectivity index (χ1) is 23.0. The Hall–Kier alpha value is -3.93. The van der Waals surface area contributed by atoms with E-state index in [4.69, 9.17) is 30.8 Å². The molecule has 0 aliphatic heterocycles. The van der Waals surface area contributed by atoms with Crippen LogP contribution >= 0.6 is 22.9 Å². The Labute approximate surface area is 297 Å². The maximum absolute atomic E-state index is 13.5. The van der Waals surface area contributed by atoms with Gasteiger partial charge in [-0.15, -0.1) is 11.3 Å². The molecule has 0 radical (unpaired) electrons. The summed E-state index contributed by atoms with van der Waals surface area (Å²) in [5.41, 5.74) is 1.82. The van der Waals surface area contributed by atoms with Crippen molar-refractivity contribution in [3.05, 3.63) is 99.0 Å². The van der Waals surface area contributed by atoms with Crippen molar-refractivity contribution in [3.8, 4) is 11.5 Å². The smallest absolute Gasteiger partial charge is 0.344 e. The van der Waals surface area contributed by atoms with Crippen molar-refractivity contribution < 1.29 is 32.2 Å². The number of carbonyl (C=O) groups excluding carboxylic acids is 2. The largest absolute Gasteiger partial charge is 0.493 e. The van der Waals surface area contributed by atoms with Crippen LogP contribution in [0.4, 0.5) is 5.69 Å². The molecule has 262 valence electrons. The lowest BCUT2D eigenvalue weighted by molar-refractivity contribution is -0.157. The van der Waals surface area contributed by atoms with Gasteiger partial charge in [0.2, 0.25) is 0 Å². The third kappa shape index (κ3) is 11.9. The fourth-order valence-corrected chi connectivity index (χ4v) is 7.08. The number of esters is 1. The predicted octanol–water partition coefficient (Wildman–Crippen LogP) is 8.09. The number of sulfone groups is 1. The zero-order chi connectivity index (χ0) is 35.8. The number of thiazole rings is 1. The van der Waals surface area contributed by atoms with Gasteiger partial charge in [-0.1, -0.05) is 44.5 Å². The van der Waals surface area contributed by atoms with Crippen molar-refractivity contribution in [2.24, 2.45) is 0 Å². The molecule has 3 aromatic carbocycles. The number of anilines is 1. The number of hydrogen-bond acceptors (Lipinski definition) is 9. The van der Waals surface area contributed by atoms with E-state index in [0.29, 0.717) is 47.9 Å². The Morgan fingerprint density at radius 1 is 0.918 bits per heavy atom. The minimum Gasteiger partial charge on any atom is -0.493 e. The van der Waals surface area contributed by atoms with Crippen LogP contribution in [0, 0.1) is 0 Å². The summed E-state index contributed by atoms with van der Waals surface area (Å²) in [4.78, 5) is 30.7. The van der Waals surface area contributed by atoms with Crippen LogP contribution in [0.5, 0.6) is 11.5 Å². The van der Waals surface area contributed by atoms with E-state index in [2.05, 4.69) is 31.5 Å². The van der Waals surface area contributed by atoms with Crippen LogP contribution in [0.3, 0.4) is 0 Å². The number of nitrogens with zero attached hydrogens (tertiary/aromatic N) is 1. The first-order valence-corrected chi connectivity index (χ1v) is 18.8. The van der Waals surface area contributed by atoms with Crippen molar-refractivity contribution in [2.75, 3.05) is 24.3 Å². The number of rotatable bonds is 14. The first-order valence-electron chi connectivity index (χ1n) is 15.9. The van der Waals surface area contributed by atoms with E-state index >= 15 is 0 Å². The number of carbonyl (C=O) groups is 2. The van der Waals surface area contributed by atoms with Crippen molar-refractivity contribution in [1.82, 2.24) is 4.98 Å².